The molecule has 0 aliphatic heterocycles. The van der Waals surface area contributed by atoms with Crippen LogP contribution in [0.3, 0.4) is 0 Å². The van der Waals surface area contributed by atoms with Crippen LogP contribution in [0, 0.1) is 0 Å². The van der Waals surface area contributed by atoms with Crippen molar-refractivity contribution >= 4 is 19.7 Å². The summed E-state index contributed by atoms with van der Waals surface area (Å²) >= 11 is -1.45. The van der Waals surface area contributed by atoms with E-state index in [0.29, 0.717) is 12.8 Å². The third kappa shape index (κ3) is 9.13. The average Bonchev–Trinajstić information content (AvgIpc) is 2.16. The Hall–Kier alpha value is -0.606. The molecule has 0 saturated heterocycles. The van der Waals surface area contributed by atoms with Crippen molar-refractivity contribution in [1.29, 1.82) is 0 Å². The van der Waals surface area contributed by atoms with Crippen molar-refractivity contribution < 1.29 is 38.3 Å². The van der Waals surface area contributed by atoms with Gasteiger partial charge in [-0.2, -0.15) is 0 Å². The number of carbonyl (C=O) groups is 4. The minimum absolute atomic E-state index is 0.103. The molecule has 4 nitrogen and oxygen atoms in total. The third-order valence-corrected chi connectivity index (χ3v) is 3.47. The predicted octanol–water partition coefficient (Wildman–Crippen LogP) is 1.64. The molecule has 0 rings (SSSR count). The van der Waals surface area contributed by atoms with Gasteiger partial charge in [-0.3, -0.25) is 0 Å². The number of ketones is 2. The first kappa shape index (κ1) is 16.4. The van der Waals surface area contributed by atoms with Crippen molar-refractivity contribution in [1.82, 2.24) is 0 Å². The van der Waals surface area contributed by atoms with Gasteiger partial charge in [-0.15, -0.1) is 0 Å². The first-order valence-corrected chi connectivity index (χ1v) is 7.41. The quantitative estimate of drug-likeness (QED) is 0.448. The van der Waals surface area contributed by atoms with Gasteiger partial charge in [0, 0.05) is 0 Å². The maximum atomic E-state index is 11.4. The van der Waals surface area contributed by atoms with Crippen molar-refractivity contribution in [2.45, 2.75) is 52.4 Å². The van der Waals surface area contributed by atoms with Gasteiger partial charge in [0.15, 0.2) is 0 Å². The standard InChI is InChI=1S/2C6H9O2.Ti/c2*1-2-3-6(8)4-5-7;/h2*2-4H2,1H3;. The molecule has 0 saturated carbocycles. The molecule has 0 N–H and O–H groups in total. The van der Waals surface area contributed by atoms with E-state index in [1.165, 1.54) is 0 Å². The van der Waals surface area contributed by atoms with Gasteiger partial charge in [0.25, 0.3) is 0 Å². The Labute approximate surface area is 110 Å². The molecular weight excluding hydrogens is 256 g/mol. The van der Waals surface area contributed by atoms with Crippen LogP contribution in [0.2, 0.25) is 0 Å². The van der Waals surface area contributed by atoms with E-state index in [4.69, 9.17) is 0 Å². The zero-order chi connectivity index (χ0) is 13.3. The zero-order valence-corrected chi connectivity index (χ0v) is 11.9. The van der Waals surface area contributed by atoms with E-state index >= 15 is 0 Å². The van der Waals surface area contributed by atoms with E-state index in [1.54, 1.807) is 0 Å². The van der Waals surface area contributed by atoms with Crippen LogP contribution in [0.5, 0.6) is 0 Å². The van der Waals surface area contributed by atoms with Gasteiger partial charge in [-0.25, -0.2) is 0 Å². The van der Waals surface area contributed by atoms with E-state index in [-0.39, 0.29) is 32.6 Å². The number of hydrogen-bond donors (Lipinski definition) is 0. The number of rotatable bonds is 10. The first-order chi connectivity index (χ1) is 7.99. The van der Waals surface area contributed by atoms with E-state index < -0.39 is 19.2 Å². The van der Waals surface area contributed by atoms with Crippen molar-refractivity contribution in [3.8, 4) is 0 Å². The summed E-state index contributed by atoms with van der Waals surface area (Å²) in [7, 11) is 0. The van der Waals surface area contributed by atoms with Gasteiger partial charge < -0.3 is 0 Å². The Morgan fingerprint density at radius 3 is 1.41 bits per heavy atom. The van der Waals surface area contributed by atoms with Gasteiger partial charge in [0.05, 0.1) is 0 Å². The fraction of sp³-hybridized carbons (Fsp3) is 0.667. The molecule has 0 amide bonds. The second-order valence-electron chi connectivity index (χ2n) is 3.90. The van der Waals surface area contributed by atoms with Crippen LogP contribution in [-0.2, 0) is 38.3 Å². The molecule has 0 spiro atoms. The Bertz CT molecular complexity index is 280. The summed E-state index contributed by atoms with van der Waals surface area (Å²) in [6.07, 6.45) is 1.97. The second-order valence-corrected chi connectivity index (χ2v) is 6.03. The number of carbonyl (C=O) groups excluding carboxylic acids is 4. The van der Waals surface area contributed by atoms with E-state index in [2.05, 4.69) is 0 Å². The molecule has 17 heavy (non-hydrogen) atoms. The summed E-state index contributed by atoms with van der Waals surface area (Å²) < 4.78 is -0.504. The van der Waals surface area contributed by atoms with Crippen LogP contribution in [0.4, 0.5) is 0 Å². The molecule has 0 aliphatic carbocycles. The SMILES string of the molecule is CCCC(=O)C[C](=O)[Ti][C](=O)CC(=O)CCC. The topological polar surface area (TPSA) is 68.3 Å². The van der Waals surface area contributed by atoms with Crippen molar-refractivity contribution in [2.24, 2.45) is 0 Å². The molecule has 0 aliphatic rings. The Kier molecular flexibility index (Phi) is 9.09. The molecule has 0 bridgehead atoms. The predicted molar refractivity (Wildman–Crippen MR) is 59.1 cm³/mol. The van der Waals surface area contributed by atoms with E-state index in [0.717, 1.165) is 12.8 Å². The summed E-state index contributed by atoms with van der Waals surface area (Å²) in [5, 5.41) is 0. The molecule has 5 heteroatoms. The summed E-state index contributed by atoms with van der Waals surface area (Å²) in [5.41, 5.74) is 0. The molecule has 0 unspecified atom stereocenters. The molecule has 0 aromatic heterocycles. The van der Waals surface area contributed by atoms with Crippen molar-refractivity contribution in [3.05, 3.63) is 0 Å². The summed E-state index contributed by atoms with van der Waals surface area (Å²) in [6.45, 7) is 3.74. The Morgan fingerprint density at radius 1 is 0.765 bits per heavy atom. The Morgan fingerprint density at radius 2 is 1.12 bits per heavy atom. The van der Waals surface area contributed by atoms with Gasteiger partial charge in [-0.05, 0) is 0 Å². The molecule has 94 valence electrons. The molecule has 0 aromatic carbocycles. The summed E-state index contributed by atoms with van der Waals surface area (Å²) in [6, 6.07) is 0. The van der Waals surface area contributed by atoms with E-state index in [9.17, 15) is 19.2 Å². The third-order valence-electron chi connectivity index (χ3n) is 2.05. The molecule has 0 fully saturated rings. The van der Waals surface area contributed by atoms with Gasteiger partial charge in [-0.1, -0.05) is 0 Å². The molecule has 0 heterocycles. The number of Topliss-reactive ketones (excluding diaryl/α,β-unsaturated/α-hetero) is 2. The van der Waals surface area contributed by atoms with Crippen LogP contribution < -0.4 is 0 Å². The normalized spacial score (nSPS) is 9.76. The summed E-state index contributed by atoms with van der Waals surface area (Å²) in [4.78, 5) is 45.1. The van der Waals surface area contributed by atoms with Crippen molar-refractivity contribution in [3.63, 3.8) is 0 Å². The fourth-order valence-electron chi connectivity index (χ4n) is 1.34. The van der Waals surface area contributed by atoms with Crippen LogP contribution in [0.1, 0.15) is 52.4 Å². The molecule has 0 aromatic rings. The van der Waals surface area contributed by atoms with Crippen LogP contribution in [0.15, 0.2) is 0 Å². The van der Waals surface area contributed by atoms with Gasteiger partial charge in [0.1, 0.15) is 0 Å². The average molecular weight is 274 g/mol. The summed E-state index contributed by atoms with van der Waals surface area (Å²) in [5.74, 6) is -0.206. The number of hydrogen-bond acceptors (Lipinski definition) is 4. The zero-order valence-electron chi connectivity index (χ0n) is 10.4. The first-order valence-electron chi connectivity index (χ1n) is 5.85. The Balaban J connectivity index is 3.92. The monoisotopic (exact) mass is 274 g/mol. The van der Waals surface area contributed by atoms with E-state index in [1.807, 2.05) is 13.8 Å². The van der Waals surface area contributed by atoms with Crippen molar-refractivity contribution in [2.75, 3.05) is 0 Å². The van der Waals surface area contributed by atoms with Gasteiger partial charge in [0.2, 0.25) is 0 Å². The van der Waals surface area contributed by atoms with Crippen LogP contribution in [0.25, 0.3) is 0 Å². The fourth-order valence-corrected chi connectivity index (χ4v) is 2.71. The minimum atomic E-state index is -1.45. The molecular formula is C12H18O4Ti. The van der Waals surface area contributed by atoms with Crippen LogP contribution in [-0.4, -0.2) is 19.7 Å². The maximum absolute atomic E-state index is 11.4. The molecule has 0 radical (unpaired) electrons. The van der Waals surface area contributed by atoms with Gasteiger partial charge >= 0.3 is 110 Å². The molecule has 0 atom stereocenters. The van der Waals surface area contributed by atoms with Crippen LogP contribution >= 0.6 is 0 Å². The second kappa shape index (κ2) is 9.43.